The lowest BCUT2D eigenvalue weighted by Gasteiger charge is -2.13. The Morgan fingerprint density at radius 1 is 1.53 bits per heavy atom. The molecular formula is C10H12N2O5. The minimum Gasteiger partial charge on any atom is -0.481 e. The molecule has 1 atom stereocenters. The van der Waals surface area contributed by atoms with Gasteiger partial charge in [0.2, 0.25) is 5.88 Å². The number of anilines is 1. The van der Waals surface area contributed by atoms with Crippen molar-refractivity contribution in [3.63, 3.8) is 0 Å². The van der Waals surface area contributed by atoms with Crippen molar-refractivity contribution in [2.24, 2.45) is 0 Å². The molecule has 0 radical (unpaired) electrons. The molecule has 17 heavy (non-hydrogen) atoms. The Hall–Kier alpha value is -2.31. The summed E-state index contributed by atoms with van der Waals surface area (Å²) < 4.78 is 4.86. The van der Waals surface area contributed by atoms with Gasteiger partial charge < -0.3 is 20.3 Å². The van der Waals surface area contributed by atoms with Gasteiger partial charge in [0.25, 0.3) is 0 Å². The Bertz CT molecular complexity index is 421. The van der Waals surface area contributed by atoms with E-state index in [1.807, 2.05) is 0 Å². The summed E-state index contributed by atoms with van der Waals surface area (Å²) in [4.78, 5) is 25.2. The fraction of sp³-hybridized carbons (Fsp3) is 0.300. The van der Waals surface area contributed by atoms with Gasteiger partial charge in [0.05, 0.1) is 13.5 Å². The SMILES string of the molecule is COc1cc(NC(CC(=O)O)C(=O)O)ccn1. The first-order valence-corrected chi connectivity index (χ1v) is 4.74. The fourth-order valence-corrected chi connectivity index (χ4v) is 1.19. The molecule has 1 unspecified atom stereocenters. The molecule has 0 aliphatic rings. The summed E-state index contributed by atoms with van der Waals surface area (Å²) in [5, 5.41) is 20.0. The van der Waals surface area contributed by atoms with Gasteiger partial charge in [0, 0.05) is 18.0 Å². The molecule has 0 bridgehead atoms. The number of methoxy groups -OCH3 is 1. The molecule has 7 heteroatoms. The first-order valence-electron chi connectivity index (χ1n) is 4.74. The number of nitrogens with one attached hydrogen (secondary N) is 1. The third-order valence-corrected chi connectivity index (χ3v) is 1.96. The van der Waals surface area contributed by atoms with E-state index in [-0.39, 0.29) is 0 Å². The van der Waals surface area contributed by atoms with Gasteiger partial charge >= 0.3 is 11.9 Å². The standard InChI is InChI=1S/C10H12N2O5/c1-17-8-4-6(2-3-11-8)12-7(10(15)16)5-9(13)14/h2-4,7H,5H2,1H3,(H,11,12)(H,13,14)(H,15,16). The minimum atomic E-state index is -1.23. The highest BCUT2D eigenvalue weighted by atomic mass is 16.5. The smallest absolute Gasteiger partial charge is 0.326 e. The number of carboxylic acid groups (broad SMARTS) is 2. The minimum absolute atomic E-state index is 0.314. The van der Waals surface area contributed by atoms with E-state index in [4.69, 9.17) is 14.9 Å². The largest absolute Gasteiger partial charge is 0.481 e. The van der Waals surface area contributed by atoms with Gasteiger partial charge in [0.1, 0.15) is 6.04 Å². The quantitative estimate of drug-likeness (QED) is 0.661. The van der Waals surface area contributed by atoms with Crippen LogP contribution in [0, 0.1) is 0 Å². The maximum atomic E-state index is 10.8. The van der Waals surface area contributed by atoms with Gasteiger partial charge in [-0.1, -0.05) is 0 Å². The van der Waals surface area contributed by atoms with Gasteiger partial charge in [-0.15, -0.1) is 0 Å². The highest BCUT2D eigenvalue weighted by Gasteiger charge is 2.20. The number of aliphatic carboxylic acids is 2. The summed E-state index contributed by atoms with van der Waals surface area (Å²) in [6.45, 7) is 0. The van der Waals surface area contributed by atoms with E-state index in [1.54, 1.807) is 0 Å². The number of carbonyl (C=O) groups is 2. The second kappa shape index (κ2) is 5.69. The summed E-state index contributed by atoms with van der Waals surface area (Å²) in [6, 6.07) is 1.82. The van der Waals surface area contributed by atoms with Gasteiger partial charge in [-0.05, 0) is 6.07 Å². The third kappa shape index (κ3) is 3.98. The highest BCUT2D eigenvalue weighted by Crippen LogP contribution is 2.15. The number of hydrogen-bond donors (Lipinski definition) is 3. The number of pyridine rings is 1. The molecule has 0 saturated heterocycles. The zero-order valence-corrected chi connectivity index (χ0v) is 9.08. The maximum Gasteiger partial charge on any atom is 0.326 e. The predicted molar refractivity (Wildman–Crippen MR) is 58.1 cm³/mol. The van der Waals surface area contributed by atoms with Crippen LogP contribution in [0.2, 0.25) is 0 Å². The number of hydrogen-bond acceptors (Lipinski definition) is 5. The molecule has 0 spiro atoms. The fourth-order valence-electron chi connectivity index (χ4n) is 1.19. The van der Waals surface area contributed by atoms with Gasteiger partial charge in [0.15, 0.2) is 0 Å². The summed E-state index contributed by atoms with van der Waals surface area (Å²) in [5.41, 5.74) is 0.436. The number of carboxylic acids is 2. The molecule has 0 amide bonds. The van der Waals surface area contributed by atoms with Crippen LogP contribution < -0.4 is 10.1 Å². The number of nitrogens with zero attached hydrogens (tertiary/aromatic N) is 1. The van der Waals surface area contributed by atoms with E-state index >= 15 is 0 Å². The zero-order chi connectivity index (χ0) is 12.8. The van der Waals surface area contributed by atoms with E-state index < -0.39 is 24.4 Å². The van der Waals surface area contributed by atoms with Gasteiger partial charge in [-0.2, -0.15) is 0 Å². The average Bonchev–Trinajstić information content (AvgIpc) is 2.27. The van der Waals surface area contributed by atoms with Crippen LogP contribution in [0.3, 0.4) is 0 Å². The maximum absolute atomic E-state index is 10.8. The first kappa shape index (κ1) is 12.8. The number of ether oxygens (including phenoxy) is 1. The van der Waals surface area contributed by atoms with Crippen LogP contribution in [0.4, 0.5) is 5.69 Å². The second-order valence-electron chi connectivity index (χ2n) is 3.22. The third-order valence-electron chi connectivity index (χ3n) is 1.96. The van der Waals surface area contributed by atoms with E-state index in [0.29, 0.717) is 11.6 Å². The van der Waals surface area contributed by atoms with Crippen molar-refractivity contribution >= 4 is 17.6 Å². The van der Waals surface area contributed by atoms with Gasteiger partial charge in [-0.25, -0.2) is 9.78 Å². The Morgan fingerprint density at radius 3 is 2.76 bits per heavy atom. The van der Waals surface area contributed by atoms with E-state index in [9.17, 15) is 9.59 Å². The monoisotopic (exact) mass is 240 g/mol. The zero-order valence-electron chi connectivity index (χ0n) is 9.08. The lowest BCUT2D eigenvalue weighted by Crippen LogP contribution is -2.31. The molecule has 1 aromatic heterocycles. The lowest BCUT2D eigenvalue weighted by atomic mass is 10.2. The number of aromatic nitrogens is 1. The first-order chi connectivity index (χ1) is 8.02. The van der Waals surface area contributed by atoms with Crippen molar-refractivity contribution in [3.05, 3.63) is 18.3 Å². The molecule has 0 fully saturated rings. The molecule has 1 aromatic rings. The van der Waals surface area contributed by atoms with Crippen LogP contribution in [0.5, 0.6) is 5.88 Å². The normalized spacial score (nSPS) is 11.6. The Morgan fingerprint density at radius 2 is 2.24 bits per heavy atom. The topological polar surface area (TPSA) is 109 Å². The van der Waals surface area contributed by atoms with Crippen LogP contribution in [-0.4, -0.2) is 40.3 Å². The van der Waals surface area contributed by atoms with Crippen LogP contribution in [-0.2, 0) is 9.59 Å². The van der Waals surface area contributed by atoms with Crippen molar-refractivity contribution in [1.29, 1.82) is 0 Å². The Labute approximate surface area is 97.1 Å². The van der Waals surface area contributed by atoms with E-state index in [2.05, 4.69) is 10.3 Å². The Balaban J connectivity index is 2.78. The van der Waals surface area contributed by atoms with Crippen LogP contribution in [0.15, 0.2) is 18.3 Å². The lowest BCUT2D eigenvalue weighted by molar-refractivity contribution is -0.144. The molecule has 0 aliphatic heterocycles. The molecule has 92 valence electrons. The second-order valence-corrected chi connectivity index (χ2v) is 3.22. The van der Waals surface area contributed by atoms with E-state index in [0.717, 1.165) is 0 Å². The summed E-state index contributed by atoms with van der Waals surface area (Å²) in [6.07, 6.45) is 0.917. The molecule has 7 nitrogen and oxygen atoms in total. The molecule has 0 saturated carbocycles. The summed E-state index contributed by atoms with van der Waals surface area (Å²) >= 11 is 0. The van der Waals surface area contributed by atoms with Crippen LogP contribution in [0.1, 0.15) is 6.42 Å². The van der Waals surface area contributed by atoms with Crippen molar-refractivity contribution in [2.45, 2.75) is 12.5 Å². The van der Waals surface area contributed by atoms with Crippen LogP contribution >= 0.6 is 0 Å². The molecule has 0 aliphatic carbocycles. The van der Waals surface area contributed by atoms with E-state index in [1.165, 1.54) is 25.4 Å². The van der Waals surface area contributed by atoms with Crippen molar-refractivity contribution in [3.8, 4) is 5.88 Å². The predicted octanol–water partition coefficient (Wildman–Crippen LogP) is 0.430. The molecule has 0 aromatic carbocycles. The van der Waals surface area contributed by atoms with Crippen LogP contribution in [0.25, 0.3) is 0 Å². The van der Waals surface area contributed by atoms with Crippen molar-refractivity contribution in [2.75, 3.05) is 12.4 Å². The molecule has 1 heterocycles. The van der Waals surface area contributed by atoms with Crippen molar-refractivity contribution < 1.29 is 24.5 Å². The number of rotatable bonds is 6. The summed E-state index contributed by atoms with van der Waals surface area (Å²) in [7, 11) is 1.43. The van der Waals surface area contributed by atoms with Gasteiger partial charge in [-0.3, -0.25) is 4.79 Å². The Kier molecular flexibility index (Phi) is 4.27. The summed E-state index contributed by atoms with van der Waals surface area (Å²) in [5.74, 6) is -2.11. The molecule has 3 N–H and O–H groups in total. The highest BCUT2D eigenvalue weighted by molar-refractivity contribution is 5.83. The molecule has 1 rings (SSSR count). The average molecular weight is 240 g/mol. The van der Waals surface area contributed by atoms with Crippen molar-refractivity contribution in [1.82, 2.24) is 4.98 Å². The molecular weight excluding hydrogens is 228 g/mol.